The molecule has 0 saturated heterocycles. The van der Waals surface area contributed by atoms with Crippen molar-refractivity contribution in [1.29, 1.82) is 0 Å². The fourth-order valence-electron chi connectivity index (χ4n) is 3.02. The molecule has 0 fully saturated rings. The van der Waals surface area contributed by atoms with Crippen molar-refractivity contribution in [3.63, 3.8) is 0 Å². The molecule has 0 unspecified atom stereocenters. The molecular weight excluding hydrogens is 360 g/mol. The molecule has 5 nitrogen and oxygen atoms in total. The van der Waals surface area contributed by atoms with Gasteiger partial charge in [0, 0.05) is 33.9 Å². The van der Waals surface area contributed by atoms with Crippen LogP contribution in [0.25, 0.3) is 22.2 Å². The number of nitrogens with one attached hydrogen (secondary N) is 2. The van der Waals surface area contributed by atoms with Gasteiger partial charge < -0.3 is 5.32 Å². The zero-order valence-corrected chi connectivity index (χ0v) is 15.4. The number of aromatic amines is 1. The van der Waals surface area contributed by atoms with Crippen LogP contribution in [0.3, 0.4) is 0 Å². The summed E-state index contributed by atoms with van der Waals surface area (Å²) in [6.45, 7) is 1.93. The number of carbonyl (C=O) groups excluding carboxylic acids is 1. The van der Waals surface area contributed by atoms with Gasteiger partial charge in [-0.15, -0.1) is 0 Å². The lowest BCUT2D eigenvalue weighted by atomic mass is 10.0. The first-order valence-electron chi connectivity index (χ1n) is 8.56. The number of rotatable bonds is 4. The van der Waals surface area contributed by atoms with Crippen molar-refractivity contribution in [1.82, 2.24) is 20.5 Å². The average Bonchev–Trinajstić information content (AvgIpc) is 3.12. The van der Waals surface area contributed by atoms with Crippen molar-refractivity contribution in [2.24, 2.45) is 0 Å². The van der Waals surface area contributed by atoms with Gasteiger partial charge in [-0.2, -0.15) is 5.10 Å². The Bertz CT molecular complexity index is 1110. The van der Waals surface area contributed by atoms with E-state index in [-0.39, 0.29) is 11.9 Å². The highest BCUT2D eigenvalue weighted by molar-refractivity contribution is 6.30. The molecule has 0 aliphatic rings. The molecule has 2 heterocycles. The third-order valence-electron chi connectivity index (χ3n) is 4.48. The van der Waals surface area contributed by atoms with Crippen LogP contribution in [0.2, 0.25) is 5.02 Å². The maximum absolute atomic E-state index is 12.7. The SMILES string of the molecule is C[C@H](NC(=O)c1ccc2[nH]nc(-c3ccncc3)c2c1)c1cccc(Cl)c1. The minimum absolute atomic E-state index is 0.147. The number of fused-ring (bicyclic) bond motifs is 1. The number of hydrogen-bond donors (Lipinski definition) is 2. The van der Waals surface area contributed by atoms with Crippen LogP contribution in [0.5, 0.6) is 0 Å². The van der Waals surface area contributed by atoms with Crippen LogP contribution >= 0.6 is 11.6 Å². The number of nitrogens with zero attached hydrogens (tertiary/aromatic N) is 2. The molecule has 0 aliphatic heterocycles. The third-order valence-corrected chi connectivity index (χ3v) is 4.71. The van der Waals surface area contributed by atoms with E-state index in [0.29, 0.717) is 10.6 Å². The topological polar surface area (TPSA) is 70.7 Å². The molecule has 27 heavy (non-hydrogen) atoms. The van der Waals surface area contributed by atoms with E-state index in [9.17, 15) is 4.79 Å². The van der Waals surface area contributed by atoms with E-state index >= 15 is 0 Å². The van der Waals surface area contributed by atoms with Crippen molar-refractivity contribution in [2.75, 3.05) is 0 Å². The van der Waals surface area contributed by atoms with Crippen LogP contribution in [0.4, 0.5) is 0 Å². The van der Waals surface area contributed by atoms with Crippen LogP contribution in [-0.4, -0.2) is 21.1 Å². The highest BCUT2D eigenvalue weighted by Gasteiger charge is 2.15. The molecule has 0 radical (unpaired) electrons. The average molecular weight is 377 g/mol. The molecule has 134 valence electrons. The van der Waals surface area contributed by atoms with Crippen molar-refractivity contribution >= 4 is 28.4 Å². The Morgan fingerprint density at radius 3 is 2.70 bits per heavy atom. The molecule has 0 bridgehead atoms. The number of carbonyl (C=O) groups is 1. The maximum atomic E-state index is 12.7. The lowest BCUT2D eigenvalue weighted by Gasteiger charge is -2.14. The van der Waals surface area contributed by atoms with E-state index in [1.165, 1.54) is 0 Å². The van der Waals surface area contributed by atoms with Crippen LogP contribution in [0, 0.1) is 0 Å². The van der Waals surface area contributed by atoms with E-state index in [1.54, 1.807) is 18.5 Å². The van der Waals surface area contributed by atoms with Gasteiger partial charge in [-0.25, -0.2) is 0 Å². The fraction of sp³-hybridized carbons (Fsp3) is 0.0952. The molecule has 0 saturated carbocycles. The fourth-order valence-corrected chi connectivity index (χ4v) is 3.22. The summed E-state index contributed by atoms with van der Waals surface area (Å²) >= 11 is 6.04. The number of H-pyrrole nitrogens is 1. The zero-order chi connectivity index (χ0) is 18.8. The maximum Gasteiger partial charge on any atom is 0.251 e. The smallest absolute Gasteiger partial charge is 0.251 e. The molecule has 2 aromatic heterocycles. The predicted octanol–water partition coefficient (Wildman–Crippen LogP) is 4.77. The van der Waals surface area contributed by atoms with Gasteiger partial charge in [-0.05, 0) is 55.0 Å². The van der Waals surface area contributed by atoms with Crippen LogP contribution < -0.4 is 5.32 Å². The lowest BCUT2D eigenvalue weighted by Crippen LogP contribution is -2.26. The van der Waals surface area contributed by atoms with Crippen LogP contribution in [0.15, 0.2) is 67.0 Å². The third kappa shape index (κ3) is 3.55. The Labute approximate surface area is 161 Å². The standard InChI is InChI=1S/C21H17ClN4O/c1-13(15-3-2-4-17(22)11-15)24-21(27)16-5-6-19-18(12-16)20(26-25-19)14-7-9-23-10-8-14/h2-13H,1H3,(H,24,27)(H,25,26)/t13-/m0/s1. The number of aromatic nitrogens is 3. The number of pyridine rings is 1. The van der Waals surface area contributed by atoms with Gasteiger partial charge in [0.05, 0.1) is 11.6 Å². The molecule has 2 N–H and O–H groups in total. The van der Waals surface area contributed by atoms with Crippen molar-refractivity contribution in [3.8, 4) is 11.3 Å². The van der Waals surface area contributed by atoms with Crippen molar-refractivity contribution in [3.05, 3.63) is 83.1 Å². The second-order valence-electron chi connectivity index (χ2n) is 6.32. The summed E-state index contributed by atoms with van der Waals surface area (Å²) < 4.78 is 0. The van der Waals surface area contributed by atoms with E-state index in [4.69, 9.17) is 11.6 Å². The summed E-state index contributed by atoms with van der Waals surface area (Å²) in [5, 5.41) is 12.0. The number of halogens is 1. The Hall–Kier alpha value is -3.18. The first kappa shape index (κ1) is 17.2. The highest BCUT2D eigenvalue weighted by atomic mass is 35.5. The lowest BCUT2D eigenvalue weighted by molar-refractivity contribution is 0.0940. The minimum atomic E-state index is -0.157. The Morgan fingerprint density at radius 2 is 1.93 bits per heavy atom. The van der Waals surface area contributed by atoms with Crippen molar-refractivity contribution in [2.45, 2.75) is 13.0 Å². The van der Waals surface area contributed by atoms with E-state index in [1.807, 2.05) is 55.5 Å². The molecule has 0 spiro atoms. The monoisotopic (exact) mass is 376 g/mol. The summed E-state index contributed by atoms with van der Waals surface area (Å²) in [5.41, 5.74) is 4.15. The first-order chi connectivity index (χ1) is 13.1. The Kier molecular flexibility index (Phi) is 4.60. The Balaban J connectivity index is 1.62. The number of benzene rings is 2. The summed E-state index contributed by atoms with van der Waals surface area (Å²) in [5.74, 6) is -0.147. The first-order valence-corrected chi connectivity index (χ1v) is 8.94. The van der Waals surface area contributed by atoms with Gasteiger partial charge >= 0.3 is 0 Å². The molecular formula is C21H17ClN4O. The van der Waals surface area contributed by atoms with Gasteiger partial charge in [0.1, 0.15) is 5.69 Å². The van der Waals surface area contributed by atoms with Crippen LogP contribution in [0.1, 0.15) is 28.9 Å². The largest absolute Gasteiger partial charge is 0.346 e. The van der Waals surface area contributed by atoms with Crippen molar-refractivity contribution < 1.29 is 4.79 Å². The van der Waals surface area contributed by atoms with Gasteiger partial charge in [-0.3, -0.25) is 14.9 Å². The summed E-state index contributed by atoms with van der Waals surface area (Å²) in [7, 11) is 0. The molecule has 1 atom stereocenters. The number of amides is 1. The predicted molar refractivity (Wildman–Crippen MR) is 107 cm³/mol. The molecule has 1 amide bonds. The van der Waals surface area contributed by atoms with Gasteiger partial charge in [-0.1, -0.05) is 23.7 Å². The molecule has 4 aromatic rings. The second-order valence-corrected chi connectivity index (χ2v) is 6.76. The molecule has 0 aliphatic carbocycles. The molecule has 2 aromatic carbocycles. The molecule has 4 rings (SSSR count). The highest BCUT2D eigenvalue weighted by Crippen LogP contribution is 2.27. The summed E-state index contributed by atoms with van der Waals surface area (Å²) in [4.78, 5) is 16.8. The van der Waals surface area contributed by atoms with Gasteiger partial charge in [0.15, 0.2) is 0 Å². The summed E-state index contributed by atoms with van der Waals surface area (Å²) in [6.07, 6.45) is 3.44. The Morgan fingerprint density at radius 1 is 1.11 bits per heavy atom. The van der Waals surface area contributed by atoms with Gasteiger partial charge in [0.25, 0.3) is 5.91 Å². The summed E-state index contributed by atoms with van der Waals surface area (Å²) in [6, 6.07) is 16.6. The quantitative estimate of drug-likeness (QED) is 0.539. The van der Waals surface area contributed by atoms with E-state index < -0.39 is 0 Å². The minimum Gasteiger partial charge on any atom is -0.346 e. The molecule has 6 heteroatoms. The normalized spacial score (nSPS) is 12.1. The number of hydrogen-bond acceptors (Lipinski definition) is 3. The second kappa shape index (κ2) is 7.21. The van der Waals surface area contributed by atoms with E-state index in [0.717, 1.165) is 27.7 Å². The van der Waals surface area contributed by atoms with E-state index in [2.05, 4.69) is 20.5 Å². The van der Waals surface area contributed by atoms with Crippen LogP contribution in [-0.2, 0) is 0 Å². The van der Waals surface area contributed by atoms with Gasteiger partial charge in [0.2, 0.25) is 0 Å². The zero-order valence-electron chi connectivity index (χ0n) is 14.6.